The average molecular weight is 483 g/mol. The summed E-state index contributed by atoms with van der Waals surface area (Å²) in [7, 11) is 0. The zero-order valence-electron chi connectivity index (χ0n) is 18.7. The molecule has 0 bridgehead atoms. The molecule has 11 heteroatoms. The molecule has 1 saturated heterocycles. The highest BCUT2D eigenvalue weighted by Gasteiger charge is 2.50. The zero-order chi connectivity index (χ0) is 24.8. The van der Waals surface area contributed by atoms with Crippen molar-refractivity contribution in [3.05, 3.63) is 83.7 Å². The smallest absolute Gasteiger partial charge is 0.360 e. The van der Waals surface area contributed by atoms with Crippen LogP contribution >= 0.6 is 0 Å². The summed E-state index contributed by atoms with van der Waals surface area (Å²) in [5.41, 5.74) is 0.375. The fourth-order valence-corrected chi connectivity index (χ4v) is 3.46. The molecule has 1 fully saturated rings. The van der Waals surface area contributed by atoms with Crippen molar-refractivity contribution in [3.8, 4) is 0 Å². The highest BCUT2D eigenvalue weighted by atomic mass is 19.1. The lowest BCUT2D eigenvalue weighted by atomic mass is 10.1. The van der Waals surface area contributed by atoms with Crippen molar-refractivity contribution in [3.63, 3.8) is 0 Å². The molecule has 4 atom stereocenters. The van der Waals surface area contributed by atoms with E-state index in [2.05, 4.69) is 10.3 Å². The van der Waals surface area contributed by atoms with E-state index < -0.39 is 49.1 Å². The minimum absolute atomic E-state index is 0.129. The van der Waals surface area contributed by atoms with Gasteiger partial charge in [-0.3, -0.25) is 0 Å². The van der Waals surface area contributed by atoms with Crippen LogP contribution in [0.4, 0.5) is 4.39 Å². The van der Waals surface area contributed by atoms with Gasteiger partial charge in [0.05, 0.1) is 23.9 Å². The number of hydrogen-bond acceptors (Lipinski definition) is 9. The van der Waals surface area contributed by atoms with Crippen LogP contribution in [0, 0.1) is 0 Å². The predicted molar refractivity (Wildman–Crippen MR) is 117 cm³/mol. The van der Waals surface area contributed by atoms with Gasteiger partial charge in [-0.1, -0.05) is 41.6 Å². The normalized spacial score (nSPS) is 21.3. The third-order valence-corrected chi connectivity index (χ3v) is 5.16. The highest BCUT2D eigenvalue weighted by molar-refractivity contribution is 5.90. The van der Waals surface area contributed by atoms with Crippen LogP contribution in [0.2, 0.25) is 0 Å². The van der Waals surface area contributed by atoms with Crippen LogP contribution in [0.15, 0.2) is 66.9 Å². The van der Waals surface area contributed by atoms with Gasteiger partial charge in [-0.25, -0.2) is 23.5 Å². The van der Waals surface area contributed by atoms with E-state index >= 15 is 4.39 Å². The molecule has 3 aromatic rings. The lowest BCUT2D eigenvalue weighted by Crippen LogP contribution is -2.37. The van der Waals surface area contributed by atoms with Crippen molar-refractivity contribution in [2.24, 2.45) is 0 Å². The first-order valence-electron chi connectivity index (χ1n) is 10.8. The highest BCUT2D eigenvalue weighted by Crippen LogP contribution is 2.34. The summed E-state index contributed by atoms with van der Waals surface area (Å²) in [6.45, 7) is 1.37. The Morgan fingerprint density at radius 2 is 1.57 bits per heavy atom. The molecule has 10 nitrogen and oxygen atoms in total. The average Bonchev–Trinajstić information content (AvgIpc) is 3.49. The summed E-state index contributed by atoms with van der Waals surface area (Å²) in [4.78, 5) is 36.9. The van der Waals surface area contributed by atoms with Gasteiger partial charge in [-0.2, -0.15) is 0 Å². The molecule has 2 aromatic carbocycles. The summed E-state index contributed by atoms with van der Waals surface area (Å²) in [6, 6.07) is 16.3. The number of carbonyl (C=O) groups is 3. The Bertz CT molecular complexity index is 1170. The third kappa shape index (κ3) is 5.52. The van der Waals surface area contributed by atoms with E-state index in [1.807, 2.05) is 0 Å². The fraction of sp³-hybridized carbons (Fsp3) is 0.292. The van der Waals surface area contributed by atoms with Gasteiger partial charge in [0.25, 0.3) is 0 Å². The number of hydrogen-bond donors (Lipinski definition) is 0. The molecule has 0 radical (unpaired) electrons. The predicted octanol–water partition coefficient (Wildman–Crippen LogP) is 2.77. The Hall–Kier alpha value is -4.12. The van der Waals surface area contributed by atoms with E-state index in [4.69, 9.17) is 18.9 Å². The number of carbonyl (C=O) groups excluding carboxylic acids is 3. The monoisotopic (exact) mass is 483 g/mol. The number of aromatic nitrogens is 3. The van der Waals surface area contributed by atoms with Crippen molar-refractivity contribution in [1.29, 1.82) is 0 Å². The summed E-state index contributed by atoms with van der Waals surface area (Å²) < 4.78 is 37.8. The maximum absolute atomic E-state index is 15.5. The molecule has 0 amide bonds. The minimum atomic E-state index is -1.90. The van der Waals surface area contributed by atoms with Gasteiger partial charge in [0.2, 0.25) is 0 Å². The fourth-order valence-electron chi connectivity index (χ4n) is 3.46. The topological polar surface area (TPSA) is 119 Å². The van der Waals surface area contributed by atoms with Gasteiger partial charge in [0.15, 0.2) is 24.2 Å². The van der Waals surface area contributed by atoms with Crippen molar-refractivity contribution in [2.75, 3.05) is 13.2 Å². The molecule has 1 aromatic heterocycles. The van der Waals surface area contributed by atoms with Crippen molar-refractivity contribution in [1.82, 2.24) is 15.0 Å². The third-order valence-electron chi connectivity index (χ3n) is 5.16. The molecule has 182 valence electrons. The molecule has 0 N–H and O–H groups in total. The Morgan fingerprint density at radius 1 is 0.943 bits per heavy atom. The molecular weight excluding hydrogens is 461 g/mol. The lowest BCUT2D eigenvalue weighted by molar-refractivity contribution is -0.0618. The molecular formula is C24H22FN3O7. The second kappa shape index (κ2) is 10.9. The summed E-state index contributed by atoms with van der Waals surface area (Å²) in [5.74, 6) is -2.15. The van der Waals surface area contributed by atoms with Gasteiger partial charge in [-0.05, 0) is 31.2 Å². The Kier molecular flexibility index (Phi) is 7.46. The van der Waals surface area contributed by atoms with E-state index in [-0.39, 0.29) is 17.9 Å². The maximum atomic E-state index is 15.5. The van der Waals surface area contributed by atoms with Gasteiger partial charge in [-0.15, -0.1) is 5.10 Å². The van der Waals surface area contributed by atoms with E-state index in [1.54, 1.807) is 55.5 Å². The molecule has 1 aliphatic heterocycles. The lowest BCUT2D eigenvalue weighted by Gasteiger charge is -2.19. The number of ether oxygens (including phenoxy) is 4. The number of halogens is 1. The molecule has 0 saturated carbocycles. The van der Waals surface area contributed by atoms with Gasteiger partial charge >= 0.3 is 17.9 Å². The minimum Gasteiger partial charge on any atom is -0.461 e. The largest absolute Gasteiger partial charge is 0.461 e. The number of esters is 3. The Balaban J connectivity index is 1.52. The molecule has 2 heterocycles. The molecule has 4 rings (SSSR count). The van der Waals surface area contributed by atoms with Gasteiger partial charge in [0, 0.05) is 0 Å². The standard InChI is InChI=1S/C24H22FN3O7/c1-2-32-24(31)17-13-28(27-26-17)21-19(25)20(35-23(30)16-11-7-4-8-12-16)18(34-21)14-33-22(29)15-9-5-3-6-10-15/h3-13,18-21H,2,14H2,1H3/t18-,19+,20-,21-/m0/s1. The van der Waals surface area contributed by atoms with Crippen LogP contribution in [0.5, 0.6) is 0 Å². The second-order valence-corrected chi connectivity index (χ2v) is 7.51. The van der Waals surface area contributed by atoms with Gasteiger partial charge in [0.1, 0.15) is 12.7 Å². The summed E-state index contributed by atoms with van der Waals surface area (Å²) >= 11 is 0. The van der Waals surface area contributed by atoms with Gasteiger partial charge < -0.3 is 18.9 Å². The second-order valence-electron chi connectivity index (χ2n) is 7.51. The maximum Gasteiger partial charge on any atom is 0.360 e. The van der Waals surface area contributed by atoms with E-state index in [9.17, 15) is 14.4 Å². The molecule has 1 aliphatic rings. The van der Waals surface area contributed by atoms with E-state index in [0.717, 1.165) is 4.68 Å². The molecule has 0 unspecified atom stereocenters. The number of nitrogens with zero attached hydrogens (tertiary/aromatic N) is 3. The number of rotatable bonds is 8. The van der Waals surface area contributed by atoms with Crippen LogP contribution in [0.25, 0.3) is 0 Å². The van der Waals surface area contributed by atoms with E-state index in [0.29, 0.717) is 5.56 Å². The summed E-state index contributed by atoms with van der Waals surface area (Å²) in [5, 5.41) is 7.44. The Labute approximate surface area is 199 Å². The molecule has 0 spiro atoms. The molecule has 35 heavy (non-hydrogen) atoms. The zero-order valence-corrected chi connectivity index (χ0v) is 18.7. The Morgan fingerprint density at radius 3 is 2.20 bits per heavy atom. The van der Waals surface area contributed by atoms with Crippen LogP contribution < -0.4 is 0 Å². The molecule has 0 aliphatic carbocycles. The first kappa shape index (κ1) is 24.0. The van der Waals surface area contributed by atoms with Crippen molar-refractivity contribution >= 4 is 17.9 Å². The van der Waals surface area contributed by atoms with Crippen molar-refractivity contribution in [2.45, 2.75) is 31.5 Å². The van der Waals surface area contributed by atoms with Crippen LogP contribution in [0.1, 0.15) is 44.4 Å². The number of alkyl halides is 1. The van der Waals surface area contributed by atoms with Crippen LogP contribution in [-0.4, -0.2) is 64.5 Å². The van der Waals surface area contributed by atoms with E-state index in [1.165, 1.54) is 18.3 Å². The first-order chi connectivity index (χ1) is 17.0. The van der Waals surface area contributed by atoms with Crippen molar-refractivity contribution < 1.29 is 37.7 Å². The number of benzene rings is 2. The van der Waals surface area contributed by atoms with Crippen LogP contribution in [0.3, 0.4) is 0 Å². The van der Waals surface area contributed by atoms with Crippen LogP contribution in [-0.2, 0) is 18.9 Å². The summed E-state index contributed by atoms with van der Waals surface area (Å²) in [6.07, 6.45) is -4.69. The SMILES string of the molecule is CCOC(=O)c1cn([C@H]2O[C@@H](COC(=O)c3ccccc3)[C@H](OC(=O)c3ccccc3)[C@H]2F)nn1. The quantitative estimate of drug-likeness (QED) is 0.352. The first-order valence-corrected chi connectivity index (χ1v) is 10.8.